The normalized spacial score (nSPS) is 17.0. The molecule has 0 aliphatic carbocycles. The zero-order chi connectivity index (χ0) is 23.2. The van der Waals surface area contributed by atoms with Crippen LogP contribution < -0.4 is 9.47 Å². The average Bonchev–Trinajstić information content (AvgIpc) is 2.98. The highest BCUT2D eigenvalue weighted by Crippen LogP contribution is 2.32. The van der Waals surface area contributed by atoms with E-state index in [9.17, 15) is 4.79 Å². The van der Waals surface area contributed by atoms with E-state index in [0.29, 0.717) is 26.1 Å². The summed E-state index contributed by atoms with van der Waals surface area (Å²) in [4.78, 5) is 21.7. The van der Waals surface area contributed by atoms with Crippen LogP contribution in [0.2, 0.25) is 0 Å². The number of methoxy groups -OCH3 is 2. The number of benzene rings is 2. The summed E-state index contributed by atoms with van der Waals surface area (Å²) in [5.41, 5.74) is 4.42. The fraction of sp³-hybridized carbons (Fsp3) is 0.333. The molecule has 1 aromatic heterocycles. The predicted octanol–water partition coefficient (Wildman–Crippen LogP) is 3.90. The Morgan fingerprint density at radius 1 is 0.970 bits per heavy atom. The first-order valence-corrected chi connectivity index (χ1v) is 11.3. The predicted molar refractivity (Wildman–Crippen MR) is 129 cm³/mol. The molecule has 0 bridgehead atoms. The van der Waals surface area contributed by atoms with Crippen LogP contribution in [0, 0.1) is 5.92 Å². The fourth-order valence-corrected chi connectivity index (χ4v) is 4.58. The molecule has 1 amide bonds. The topological polar surface area (TPSA) is 54.9 Å². The number of amides is 1. The van der Waals surface area contributed by atoms with Crippen molar-refractivity contribution in [3.8, 4) is 22.6 Å². The Hall–Kier alpha value is -3.38. The molecule has 33 heavy (non-hydrogen) atoms. The van der Waals surface area contributed by atoms with Gasteiger partial charge in [-0.05, 0) is 29.7 Å². The monoisotopic (exact) mass is 445 g/mol. The van der Waals surface area contributed by atoms with Crippen molar-refractivity contribution >= 4 is 5.91 Å². The van der Waals surface area contributed by atoms with E-state index in [1.165, 1.54) is 0 Å². The third-order valence-corrected chi connectivity index (χ3v) is 6.29. The van der Waals surface area contributed by atoms with E-state index in [-0.39, 0.29) is 11.8 Å². The van der Waals surface area contributed by atoms with Crippen LogP contribution in [-0.2, 0) is 17.8 Å². The first-order valence-electron chi connectivity index (χ1n) is 11.3. The summed E-state index contributed by atoms with van der Waals surface area (Å²) in [5, 5.41) is 0. The maximum absolute atomic E-state index is 13.3. The molecule has 0 saturated carbocycles. The van der Waals surface area contributed by atoms with Gasteiger partial charge in [0, 0.05) is 56.7 Å². The van der Waals surface area contributed by atoms with Gasteiger partial charge in [0.15, 0.2) is 11.5 Å². The van der Waals surface area contributed by atoms with E-state index in [0.717, 1.165) is 40.3 Å². The minimum atomic E-state index is -0.132. The first-order chi connectivity index (χ1) is 16.1. The fourth-order valence-electron chi connectivity index (χ4n) is 4.58. The van der Waals surface area contributed by atoms with Gasteiger partial charge in [-0.15, -0.1) is 0 Å². The van der Waals surface area contributed by atoms with E-state index in [1.807, 2.05) is 48.5 Å². The van der Waals surface area contributed by atoms with Gasteiger partial charge in [-0.1, -0.05) is 42.5 Å². The molecule has 1 aliphatic rings. The van der Waals surface area contributed by atoms with Crippen LogP contribution in [0.3, 0.4) is 0 Å². The van der Waals surface area contributed by atoms with Gasteiger partial charge in [-0.2, -0.15) is 0 Å². The molecule has 0 N–H and O–H groups in total. The lowest BCUT2D eigenvalue weighted by molar-refractivity contribution is -0.133. The number of nitrogens with zero attached hydrogens (tertiary/aromatic N) is 3. The van der Waals surface area contributed by atoms with Gasteiger partial charge in [0.1, 0.15) is 0 Å². The Labute approximate surface area is 195 Å². The summed E-state index contributed by atoms with van der Waals surface area (Å²) in [6, 6.07) is 18.3. The summed E-state index contributed by atoms with van der Waals surface area (Å²) in [6.45, 7) is 2.89. The molecule has 2 aromatic carbocycles. The highest BCUT2D eigenvalue weighted by atomic mass is 16.5. The molecular weight excluding hydrogens is 414 g/mol. The number of hydrogen-bond acceptors (Lipinski definition) is 5. The molecule has 1 aliphatic heterocycles. The van der Waals surface area contributed by atoms with Crippen molar-refractivity contribution in [1.82, 2.24) is 14.8 Å². The number of carbonyl (C=O) groups excluding carboxylic acids is 1. The summed E-state index contributed by atoms with van der Waals surface area (Å²) >= 11 is 0. The molecule has 0 radical (unpaired) electrons. The maximum Gasteiger partial charge on any atom is 0.227 e. The van der Waals surface area contributed by atoms with Crippen molar-refractivity contribution in [3.63, 3.8) is 0 Å². The third-order valence-electron chi connectivity index (χ3n) is 6.29. The molecule has 1 saturated heterocycles. The van der Waals surface area contributed by atoms with E-state index in [4.69, 9.17) is 9.47 Å². The van der Waals surface area contributed by atoms with Crippen molar-refractivity contribution < 1.29 is 14.3 Å². The number of rotatable bonds is 7. The highest BCUT2D eigenvalue weighted by Gasteiger charge is 2.30. The SMILES string of the molecule is COc1cccc(CN2CCN(C)C(=O)C(Cc3ccccc3-c3cccnc3)C2)c1OC. The molecule has 172 valence electrons. The van der Waals surface area contributed by atoms with Crippen LogP contribution in [0.25, 0.3) is 11.1 Å². The summed E-state index contributed by atoms with van der Waals surface area (Å²) < 4.78 is 11.1. The number of hydrogen-bond donors (Lipinski definition) is 0. The number of likely N-dealkylation sites (N-methyl/N-ethyl adjacent to an activating group) is 1. The number of ether oxygens (including phenoxy) is 2. The molecule has 3 aromatic rings. The van der Waals surface area contributed by atoms with Crippen LogP contribution in [0.4, 0.5) is 0 Å². The molecule has 1 unspecified atom stereocenters. The average molecular weight is 446 g/mol. The third kappa shape index (κ3) is 5.17. The van der Waals surface area contributed by atoms with Crippen molar-refractivity contribution in [2.45, 2.75) is 13.0 Å². The molecule has 6 heteroatoms. The smallest absolute Gasteiger partial charge is 0.227 e. The summed E-state index contributed by atoms with van der Waals surface area (Å²) in [7, 11) is 5.22. The number of pyridine rings is 1. The Morgan fingerprint density at radius 3 is 2.55 bits per heavy atom. The second kappa shape index (κ2) is 10.5. The Kier molecular flexibility index (Phi) is 7.25. The second-order valence-electron chi connectivity index (χ2n) is 8.45. The lowest BCUT2D eigenvalue weighted by atomic mass is 9.91. The van der Waals surface area contributed by atoms with Crippen LogP contribution in [-0.4, -0.2) is 61.6 Å². The highest BCUT2D eigenvalue weighted by molar-refractivity contribution is 5.80. The van der Waals surface area contributed by atoms with Crippen LogP contribution in [0.1, 0.15) is 11.1 Å². The van der Waals surface area contributed by atoms with Gasteiger partial charge in [0.05, 0.1) is 20.1 Å². The number of para-hydroxylation sites is 1. The van der Waals surface area contributed by atoms with Gasteiger partial charge in [0.25, 0.3) is 0 Å². The minimum Gasteiger partial charge on any atom is -0.493 e. The molecule has 0 spiro atoms. The van der Waals surface area contributed by atoms with Gasteiger partial charge in [-0.3, -0.25) is 14.7 Å². The van der Waals surface area contributed by atoms with Crippen molar-refractivity contribution in [2.24, 2.45) is 5.92 Å². The van der Waals surface area contributed by atoms with Crippen LogP contribution in [0.5, 0.6) is 11.5 Å². The first kappa shape index (κ1) is 22.8. The van der Waals surface area contributed by atoms with Crippen LogP contribution >= 0.6 is 0 Å². The van der Waals surface area contributed by atoms with E-state index < -0.39 is 0 Å². The Morgan fingerprint density at radius 2 is 1.79 bits per heavy atom. The lowest BCUT2D eigenvalue weighted by Gasteiger charge is -2.25. The van der Waals surface area contributed by atoms with E-state index in [2.05, 4.69) is 34.1 Å². The zero-order valence-corrected chi connectivity index (χ0v) is 19.5. The quantitative estimate of drug-likeness (QED) is 0.552. The maximum atomic E-state index is 13.3. The van der Waals surface area contributed by atoms with Gasteiger partial charge < -0.3 is 14.4 Å². The van der Waals surface area contributed by atoms with E-state index >= 15 is 0 Å². The number of carbonyl (C=O) groups is 1. The molecule has 6 nitrogen and oxygen atoms in total. The molecule has 1 atom stereocenters. The molecular formula is C27H31N3O3. The second-order valence-corrected chi connectivity index (χ2v) is 8.45. The molecule has 1 fully saturated rings. The molecule has 4 rings (SSSR count). The summed E-state index contributed by atoms with van der Waals surface area (Å²) in [6.07, 6.45) is 4.34. The Bertz CT molecular complexity index is 1090. The van der Waals surface area contributed by atoms with Crippen molar-refractivity contribution in [2.75, 3.05) is 40.9 Å². The molecule has 2 heterocycles. The van der Waals surface area contributed by atoms with Crippen LogP contribution in [0.15, 0.2) is 67.0 Å². The zero-order valence-electron chi connectivity index (χ0n) is 19.5. The standard InChI is InChI=1S/C27H31N3O3/c1-29-14-15-30(18-22-9-6-12-25(32-2)26(22)33-3)19-23(27(29)31)16-20-8-4-5-11-24(20)21-10-7-13-28-17-21/h4-13,17,23H,14-16,18-19H2,1-3H3. The summed E-state index contributed by atoms with van der Waals surface area (Å²) in [5.74, 6) is 1.53. The van der Waals surface area contributed by atoms with Gasteiger partial charge in [-0.25, -0.2) is 0 Å². The lowest BCUT2D eigenvalue weighted by Crippen LogP contribution is -2.34. The van der Waals surface area contributed by atoms with E-state index in [1.54, 1.807) is 20.4 Å². The van der Waals surface area contributed by atoms with Gasteiger partial charge >= 0.3 is 0 Å². The minimum absolute atomic E-state index is 0.132. The number of aromatic nitrogens is 1. The largest absolute Gasteiger partial charge is 0.493 e. The van der Waals surface area contributed by atoms with Crippen molar-refractivity contribution in [1.29, 1.82) is 0 Å². The van der Waals surface area contributed by atoms with Gasteiger partial charge in [0.2, 0.25) is 5.91 Å². The Balaban J connectivity index is 1.59. The van der Waals surface area contributed by atoms with Crippen molar-refractivity contribution in [3.05, 3.63) is 78.1 Å².